The molecule has 2 aromatic carbocycles. The van der Waals surface area contributed by atoms with Crippen molar-refractivity contribution in [2.45, 2.75) is 28.2 Å². The van der Waals surface area contributed by atoms with E-state index < -0.39 is 0 Å². The molecule has 0 bridgehead atoms. The highest BCUT2D eigenvalue weighted by Crippen LogP contribution is 2.36. The molecule has 30 heavy (non-hydrogen) atoms. The molecule has 1 saturated heterocycles. The molecule has 0 aliphatic carbocycles. The average Bonchev–Trinajstić information content (AvgIpc) is 2.79. The largest absolute Gasteiger partial charge is 0.381 e. The van der Waals surface area contributed by atoms with Crippen LogP contribution in [0, 0.1) is 0 Å². The zero-order chi connectivity index (χ0) is 20.8. The lowest BCUT2D eigenvalue weighted by Gasteiger charge is -2.38. The number of carbonyl (C=O) groups excluding carboxylic acids is 1. The predicted octanol–water partition coefficient (Wildman–Crippen LogP) is 5.36. The summed E-state index contributed by atoms with van der Waals surface area (Å²) in [5.74, 6) is -0.116. The van der Waals surface area contributed by atoms with E-state index in [1.165, 1.54) is 11.8 Å². The molecular weight excluding hydrogens is 416 g/mol. The Morgan fingerprint density at radius 1 is 1.07 bits per heavy atom. The summed E-state index contributed by atoms with van der Waals surface area (Å²) in [7, 11) is 0. The molecule has 1 aliphatic rings. The van der Waals surface area contributed by atoms with E-state index in [0.29, 0.717) is 35.4 Å². The van der Waals surface area contributed by atoms with Crippen LogP contribution in [0.1, 0.15) is 28.8 Å². The van der Waals surface area contributed by atoms with Gasteiger partial charge in [-0.1, -0.05) is 53.7 Å². The fraction of sp³-hybridized carbons (Fsp3) is 0.250. The van der Waals surface area contributed by atoms with Crippen molar-refractivity contribution in [3.05, 3.63) is 89.1 Å². The molecule has 0 saturated carbocycles. The normalized spacial score (nSPS) is 15.5. The molecule has 154 valence electrons. The van der Waals surface area contributed by atoms with Crippen molar-refractivity contribution >= 4 is 29.3 Å². The summed E-state index contributed by atoms with van der Waals surface area (Å²) in [6.07, 6.45) is 3.40. The first kappa shape index (κ1) is 20.9. The molecule has 0 radical (unpaired) electrons. The zero-order valence-corrected chi connectivity index (χ0v) is 18.1. The summed E-state index contributed by atoms with van der Waals surface area (Å²) in [5.41, 5.74) is 1.54. The number of benzene rings is 2. The number of pyridine rings is 1. The lowest BCUT2D eigenvalue weighted by atomic mass is 9.74. The molecule has 4 nitrogen and oxygen atoms in total. The minimum absolute atomic E-state index is 0.116. The van der Waals surface area contributed by atoms with E-state index in [-0.39, 0.29) is 11.3 Å². The van der Waals surface area contributed by atoms with Crippen LogP contribution in [-0.4, -0.2) is 30.6 Å². The van der Waals surface area contributed by atoms with Crippen LogP contribution >= 0.6 is 23.4 Å². The first-order valence-corrected chi connectivity index (χ1v) is 11.2. The molecule has 0 spiro atoms. The first-order chi connectivity index (χ1) is 14.7. The second kappa shape index (κ2) is 9.65. The summed E-state index contributed by atoms with van der Waals surface area (Å²) >= 11 is 7.74. The SMILES string of the molecule is O=C(NCC1(c2cccc(Cl)c2)CCOCC1)c1cccnc1Sc1ccccc1. The minimum atomic E-state index is -0.187. The third-order valence-electron chi connectivity index (χ3n) is 5.45. The maximum absolute atomic E-state index is 13.1. The summed E-state index contributed by atoms with van der Waals surface area (Å²) in [6, 6.07) is 21.5. The van der Waals surface area contributed by atoms with Gasteiger partial charge in [0.05, 0.1) is 5.56 Å². The fourth-order valence-electron chi connectivity index (χ4n) is 3.74. The molecule has 0 atom stereocenters. The first-order valence-electron chi connectivity index (χ1n) is 9.96. The van der Waals surface area contributed by atoms with E-state index in [9.17, 15) is 4.79 Å². The number of rotatable bonds is 6. The number of amides is 1. The van der Waals surface area contributed by atoms with Gasteiger partial charge in [0, 0.05) is 41.3 Å². The summed E-state index contributed by atoms with van der Waals surface area (Å²) < 4.78 is 5.59. The summed E-state index contributed by atoms with van der Waals surface area (Å²) in [6.45, 7) is 1.87. The summed E-state index contributed by atoms with van der Waals surface area (Å²) in [5, 5.41) is 4.57. The van der Waals surface area contributed by atoms with Crippen LogP contribution in [0.5, 0.6) is 0 Å². The maximum Gasteiger partial charge on any atom is 0.254 e. The fourth-order valence-corrected chi connectivity index (χ4v) is 4.83. The van der Waals surface area contributed by atoms with Crippen molar-refractivity contribution in [2.24, 2.45) is 0 Å². The van der Waals surface area contributed by atoms with E-state index in [1.807, 2.05) is 54.6 Å². The van der Waals surface area contributed by atoms with Gasteiger partial charge in [0.25, 0.3) is 5.91 Å². The Hall–Kier alpha value is -2.34. The van der Waals surface area contributed by atoms with Gasteiger partial charge >= 0.3 is 0 Å². The molecule has 2 heterocycles. The van der Waals surface area contributed by atoms with Crippen molar-refractivity contribution in [1.29, 1.82) is 0 Å². The van der Waals surface area contributed by atoms with Crippen LogP contribution in [-0.2, 0) is 10.2 Å². The molecule has 1 amide bonds. The van der Waals surface area contributed by atoms with E-state index in [0.717, 1.165) is 23.3 Å². The molecule has 4 rings (SSSR count). The monoisotopic (exact) mass is 438 g/mol. The molecule has 1 fully saturated rings. The van der Waals surface area contributed by atoms with Crippen molar-refractivity contribution in [1.82, 2.24) is 10.3 Å². The van der Waals surface area contributed by atoms with Gasteiger partial charge in [-0.25, -0.2) is 4.98 Å². The number of carbonyl (C=O) groups is 1. The van der Waals surface area contributed by atoms with E-state index in [2.05, 4.69) is 16.4 Å². The van der Waals surface area contributed by atoms with Crippen molar-refractivity contribution in [3.8, 4) is 0 Å². The Morgan fingerprint density at radius 3 is 2.63 bits per heavy atom. The van der Waals surface area contributed by atoms with Crippen molar-refractivity contribution < 1.29 is 9.53 Å². The average molecular weight is 439 g/mol. The Labute approximate surface area is 186 Å². The number of ether oxygens (including phenoxy) is 1. The molecule has 0 unspecified atom stereocenters. The standard InChI is InChI=1S/C24H23ClN2O2S/c25-19-7-4-6-18(16-19)24(11-14-29-15-12-24)17-27-22(28)21-10-5-13-26-23(21)30-20-8-2-1-3-9-20/h1-10,13,16H,11-12,14-15,17H2,(H,27,28). The van der Waals surface area contributed by atoms with Crippen LogP contribution in [0.4, 0.5) is 0 Å². The number of aromatic nitrogens is 1. The third-order valence-corrected chi connectivity index (χ3v) is 6.71. The molecule has 1 aromatic heterocycles. The quantitative estimate of drug-likeness (QED) is 0.562. The number of hydrogen-bond donors (Lipinski definition) is 1. The van der Waals surface area contributed by atoms with Crippen molar-refractivity contribution in [2.75, 3.05) is 19.8 Å². The Morgan fingerprint density at radius 2 is 1.87 bits per heavy atom. The second-order valence-electron chi connectivity index (χ2n) is 7.36. The second-order valence-corrected chi connectivity index (χ2v) is 8.86. The molecular formula is C24H23ClN2O2S. The topological polar surface area (TPSA) is 51.2 Å². The molecule has 3 aromatic rings. The van der Waals surface area contributed by atoms with Crippen LogP contribution in [0.25, 0.3) is 0 Å². The van der Waals surface area contributed by atoms with E-state index in [4.69, 9.17) is 16.3 Å². The highest BCUT2D eigenvalue weighted by Gasteiger charge is 2.35. The van der Waals surface area contributed by atoms with Gasteiger partial charge in [0.2, 0.25) is 0 Å². The summed E-state index contributed by atoms with van der Waals surface area (Å²) in [4.78, 5) is 18.6. The number of hydrogen-bond acceptors (Lipinski definition) is 4. The van der Waals surface area contributed by atoms with Crippen LogP contribution in [0.3, 0.4) is 0 Å². The van der Waals surface area contributed by atoms with Gasteiger partial charge in [0.15, 0.2) is 0 Å². The molecule has 1 aliphatic heterocycles. The lowest BCUT2D eigenvalue weighted by molar-refractivity contribution is 0.0487. The van der Waals surface area contributed by atoms with E-state index in [1.54, 1.807) is 12.3 Å². The molecule has 6 heteroatoms. The Balaban J connectivity index is 1.53. The number of halogens is 1. The number of nitrogens with one attached hydrogen (secondary N) is 1. The Kier molecular flexibility index (Phi) is 6.72. The minimum Gasteiger partial charge on any atom is -0.381 e. The lowest BCUT2D eigenvalue weighted by Crippen LogP contribution is -2.44. The van der Waals surface area contributed by atoms with Crippen LogP contribution in [0.15, 0.2) is 82.8 Å². The van der Waals surface area contributed by atoms with E-state index >= 15 is 0 Å². The van der Waals surface area contributed by atoms with Gasteiger partial charge in [-0.05, 0) is 54.8 Å². The highest BCUT2D eigenvalue weighted by atomic mass is 35.5. The Bertz CT molecular complexity index is 1010. The van der Waals surface area contributed by atoms with Gasteiger partial charge in [0.1, 0.15) is 5.03 Å². The van der Waals surface area contributed by atoms with Gasteiger partial charge in [-0.2, -0.15) is 0 Å². The number of nitrogens with zero attached hydrogens (tertiary/aromatic N) is 1. The van der Waals surface area contributed by atoms with Gasteiger partial charge in [-0.15, -0.1) is 0 Å². The highest BCUT2D eigenvalue weighted by molar-refractivity contribution is 7.99. The predicted molar refractivity (Wildman–Crippen MR) is 120 cm³/mol. The maximum atomic E-state index is 13.1. The zero-order valence-electron chi connectivity index (χ0n) is 16.5. The van der Waals surface area contributed by atoms with Crippen LogP contribution < -0.4 is 5.32 Å². The van der Waals surface area contributed by atoms with Gasteiger partial charge in [-0.3, -0.25) is 4.79 Å². The molecule has 1 N–H and O–H groups in total. The third kappa shape index (κ3) is 4.86. The smallest absolute Gasteiger partial charge is 0.254 e. The van der Waals surface area contributed by atoms with Crippen molar-refractivity contribution in [3.63, 3.8) is 0 Å². The van der Waals surface area contributed by atoms with Gasteiger partial charge < -0.3 is 10.1 Å². The van der Waals surface area contributed by atoms with Crippen LogP contribution in [0.2, 0.25) is 5.02 Å².